The Morgan fingerprint density at radius 1 is 1.13 bits per heavy atom. The van der Waals surface area contributed by atoms with E-state index in [1.807, 2.05) is 53.7 Å². The molecule has 6 rings (SSSR count). The van der Waals surface area contributed by atoms with E-state index in [1.54, 1.807) is 19.6 Å². The molecule has 2 aliphatic carbocycles. The fourth-order valence-corrected chi connectivity index (χ4v) is 7.86. The number of rotatable bonds is 14. The van der Waals surface area contributed by atoms with Crippen molar-refractivity contribution in [3.05, 3.63) is 47.0 Å². The molecule has 1 aromatic heterocycles. The number of imidazole rings is 1. The van der Waals surface area contributed by atoms with Crippen molar-refractivity contribution in [1.82, 2.24) is 25.5 Å². The quantitative estimate of drug-likeness (QED) is 0.246. The molecule has 4 aliphatic rings. The van der Waals surface area contributed by atoms with Crippen LogP contribution in [0.1, 0.15) is 107 Å². The molecule has 3 N–H and O–H groups in total. The number of Topliss-reactive ketones (excluding diaryl/α,β-unsaturated/α-hetero) is 2. The maximum atomic E-state index is 14.7. The number of nitrogens with zero attached hydrogens (tertiary/aromatic N) is 3. The third-order valence-electron chi connectivity index (χ3n) is 10.9. The molecule has 0 bridgehead atoms. The van der Waals surface area contributed by atoms with Crippen molar-refractivity contribution in [2.45, 2.75) is 123 Å². The SMILES string of the molecule is CCC[C@H](CC(=O)[C@@H]1C[C@]2(CC(c3cc(C)c(OC)c(C)c3)=NO2)CN1C(=O)[C@@H](NC(=O)[C@H]1C[C@@H]1c1cnc[nH]1)C(C)(C)C)C(=O)C(=O)NC1CC1. The fraction of sp³-hybridized carbons (Fsp3) is 0.615. The van der Waals surface area contributed by atoms with E-state index in [2.05, 4.69) is 25.8 Å². The second-order valence-electron chi connectivity index (χ2n) is 16.3. The maximum Gasteiger partial charge on any atom is 0.287 e. The highest BCUT2D eigenvalue weighted by Crippen LogP contribution is 2.47. The van der Waals surface area contributed by atoms with Crippen LogP contribution in [0.2, 0.25) is 0 Å². The lowest BCUT2D eigenvalue weighted by molar-refractivity contribution is -0.145. The lowest BCUT2D eigenvalue weighted by atomic mass is 9.84. The zero-order valence-electron chi connectivity index (χ0n) is 31.3. The summed E-state index contributed by atoms with van der Waals surface area (Å²) < 4.78 is 5.55. The van der Waals surface area contributed by atoms with Gasteiger partial charge in [-0.05, 0) is 68.2 Å². The summed E-state index contributed by atoms with van der Waals surface area (Å²) in [5.74, 6) is -2.51. The molecule has 1 aromatic carbocycles. The number of aromatic amines is 1. The summed E-state index contributed by atoms with van der Waals surface area (Å²) in [5, 5.41) is 10.3. The number of nitrogens with one attached hydrogen (secondary N) is 3. The first-order valence-electron chi connectivity index (χ1n) is 18.5. The number of hydrogen-bond donors (Lipinski definition) is 3. The molecule has 1 saturated heterocycles. The van der Waals surface area contributed by atoms with Crippen LogP contribution < -0.4 is 15.4 Å². The van der Waals surface area contributed by atoms with Gasteiger partial charge in [0.2, 0.25) is 17.6 Å². The lowest BCUT2D eigenvalue weighted by Gasteiger charge is -2.35. The number of aromatic nitrogens is 2. The van der Waals surface area contributed by atoms with Crippen LogP contribution in [0, 0.1) is 31.1 Å². The highest BCUT2D eigenvalue weighted by atomic mass is 16.7. The molecule has 13 heteroatoms. The van der Waals surface area contributed by atoms with E-state index < -0.39 is 46.6 Å². The molecular formula is C39H52N6O7. The van der Waals surface area contributed by atoms with E-state index in [4.69, 9.17) is 9.57 Å². The molecule has 1 spiro atoms. The van der Waals surface area contributed by atoms with Crippen LogP contribution in [-0.4, -0.2) is 87.2 Å². The van der Waals surface area contributed by atoms with Crippen LogP contribution in [0.15, 0.2) is 29.8 Å². The smallest absolute Gasteiger partial charge is 0.287 e. The molecule has 52 heavy (non-hydrogen) atoms. The number of amides is 3. The van der Waals surface area contributed by atoms with Gasteiger partial charge >= 0.3 is 0 Å². The first-order chi connectivity index (χ1) is 24.6. The third kappa shape index (κ3) is 7.78. The second kappa shape index (κ2) is 14.5. The topological polar surface area (TPSA) is 172 Å². The number of carbonyl (C=O) groups excluding carboxylic acids is 5. The number of ether oxygens (including phenoxy) is 1. The number of oxime groups is 1. The summed E-state index contributed by atoms with van der Waals surface area (Å²) in [6.45, 7) is 11.6. The predicted octanol–water partition coefficient (Wildman–Crippen LogP) is 4.06. The average molecular weight is 717 g/mol. The normalized spacial score (nSPS) is 24.9. The van der Waals surface area contributed by atoms with Crippen molar-refractivity contribution in [3.63, 3.8) is 0 Å². The van der Waals surface area contributed by atoms with Crippen LogP contribution in [0.25, 0.3) is 0 Å². The van der Waals surface area contributed by atoms with E-state index in [9.17, 15) is 24.0 Å². The van der Waals surface area contributed by atoms with Crippen molar-refractivity contribution in [2.24, 2.45) is 22.4 Å². The standard InChI is InChI=1S/C39H52N6O7/c1-8-9-23(32(47)36(49)42-25-10-11-25)14-31(46)30-17-39(16-28(44-52-39)24-12-21(2)33(51-7)22(3)13-24)19-45(30)37(50)34(38(4,5)6)43-35(48)27-15-26(27)29-18-40-20-41-29/h12-13,18,20,23,25-27,30,34H,8-11,14-17,19H2,1-7H3,(H,40,41)(H,42,49)(H,43,48)/t23-,26+,27+,30+,34-,39-/m1/s1. The molecule has 3 amide bonds. The first kappa shape index (κ1) is 37.2. The molecule has 280 valence electrons. The van der Waals surface area contributed by atoms with Gasteiger partial charge in [-0.2, -0.15) is 0 Å². The van der Waals surface area contributed by atoms with Gasteiger partial charge in [0, 0.05) is 60.5 Å². The summed E-state index contributed by atoms with van der Waals surface area (Å²) >= 11 is 0. The Hall–Kier alpha value is -4.55. The number of benzene rings is 1. The highest BCUT2D eigenvalue weighted by Gasteiger charge is 2.56. The van der Waals surface area contributed by atoms with Crippen molar-refractivity contribution in [3.8, 4) is 5.75 Å². The minimum absolute atomic E-state index is 0.000407. The van der Waals surface area contributed by atoms with Crippen LogP contribution >= 0.6 is 0 Å². The van der Waals surface area contributed by atoms with E-state index in [0.717, 1.165) is 41.0 Å². The number of carbonyl (C=O) groups is 5. The predicted molar refractivity (Wildman–Crippen MR) is 193 cm³/mol. The Balaban J connectivity index is 1.25. The van der Waals surface area contributed by atoms with Gasteiger partial charge < -0.3 is 30.1 Å². The summed E-state index contributed by atoms with van der Waals surface area (Å²) in [7, 11) is 1.63. The van der Waals surface area contributed by atoms with Crippen LogP contribution in [0.3, 0.4) is 0 Å². The first-order valence-corrected chi connectivity index (χ1v) is 18.5. The number of methoxy groups -OCH3 is 1. The number of likely N-dealkylation sites (tertiary alicyclic amines) is 1. The van der Waals surface area contributed by atoms with Crippen LogP contribution in [0.4, 0.5) is 0 Å². The van der Waals surface area contributed by atoms with Gasteiger partial charge in [-0.3, -0.25) is 24.0 Å². The fourth-order valence-electron chi connectivity index (χ4n) is 7.86. The van der Waals surface area contributed by atoms with Crippen molar-refractivity contribution < 1.29 is 33.5 Å². The molecule has 0 radical (unpaired) electrons. The Kier molecular flexibility index (Phi) is 10.4. The zero-order valence-corrected chi connectivity index (χ0v) is 31.3. The molecule has 2 aromatic rings. The van der Waals surface area contributed by atoms with E-state index >= 15 is 0 Å². The van der Waals surface area contributed by atoms with Crippen molar-refractivity contribution in [1.29, 1.82) is 0 Å². The molecule has 0 unspecified atom stereocenters. The van der Waals surface area contributed by atoms with Crippen LogP contribution in [-0.2, 0) is 28.8 Å². The molecule has 6 atom stereocenters. The van der Waals surface area contributed by atoms with Gasteiger partial charge in [0.1, 0.15) is 11.8 Å². The Bertz CT molecular complexity index is 1740. The summed E-state index contributed by atoms with van der Waals surface area (Å²) in [6, 6.07) is 2.10. The van der Waals surface area contributed by atoms with E-state index in [1.165, 1.54) is 4.90 Å². The van der Waals surface area contributed by atoms with Gasteiger partial charge in [0.05, 0.1) is 31.7 Å². The summed E-state index contributed by atoms with van der Waals surface area (Å²) in [5.41, 5.74) is 2.65. The Morgan fingerprint density at radius 3 is 2.44 bits per heavy atom. The minimum Gasteiger partial charge on any atom is -0.496 e. The summed E-state index contributed by atoms with van der Waals surface area (Å²) in [4.78, 5) is 83.6. The highest BCUT2D eigenvalue weighted by molar-refractivity contribution is 6.37. The number of hydrogen-bond acceptors (Lipinski definition) is 9. The third-order valence-corrected chi connectivity index (χ3v) is 10.9. The maximum absolute atomic E-state index is 14.7. The van der Waals surface area contributed by atoms with Gasteiger partial charge in [0.15, 0.2) is 11.4 Å². The van der Waals surface area contributed by atoms with E-state index in [-0.39, 0.29) is 49.0 Å². The van der Waals surface area contributed by atoms with Gasteiger partial charge in [0.25, 0.3) is 5.91 Å². The van der Waals surface area contributed by atoms with Crippen LogP contribution in [0.5, 0.6) is 5.75 Å². The number of ketones is 2. The Morgan fingerprint density at radius 2 is 1.85 bits per heavy atom. The largest absolute Gasteiger partial charge is 0.496 e. The lowest BCUT2D eigenvalue weighted by Crippen LogP contribution is -2.57. The van der Waals surface area contributed by atoms with Crippen molar-refractivity contribution >= 4 is 35.0 Å². The van der Waals surface area contributed by atoms with Crippen molar-refractivity contribution in [2.75, 3.05) is 13.7 Å². The molecular weight excluding hydrogens is 664 g/mol. The van der Waals surface area contributed by atoms with Gasteiger partial charge in [-0.1, -0.05) is 39.3 Å². The molecule has 2 saturated carbocycles. The van der Waals surface area contributed by atoms with Gasteiger partial charge in [-0.25, -0.2) is 4.98 Å². The number of H-pyrrole nitrogens is 1. The second-order valence-corrected chi connectivity index (χ2v) is 16.3. The van der Waals surface area contributed by atoms with Gasteiger partial charge in [-0.15, -0.1) is 0 Å². The molecule has 2 aliphatic heterocycles. The Labute approximate surface area is 305 Å². The summed E-state index contributed by atoms with van der Waals surface area (Å²) in [6.07, 6.45) is 6.93. The number of aryl methyl sites for hydroxylation is 2. The monoisotopic (exact) mass is 716 g/mol. The molecule has 3 fully saturated rings. The molecule has 3 heterocycles. The minimum atomic E-state index is -0.991. The molecule has 13 nitrogen and oxygen atoms in total. The zero-order chi connectivity index (χ0) is 37.5. The van der Waals surface area contributed by atoms with E-state index in [0.29, 0.717) is 31.4 Å². The average Bonchev–Trinajstić information content (AvgIpc) is 3.92.